The van der Waals surface area contributed by atoms with Crippen LogP contribution in [0.2, 0.25) is 0 Å². The highest BCUT2D eigenvalue weighted by Crippen LogP contribution is 2.21. The van der Waals surface area contributed by atoms with Gasteiger partial charge in [-0.1, -0.05) is 24.1 Å². The summed E-state index contributed by atoms with van der Waals surface area (Å²) in [6.07, 6.45) is 4.36. The van der Waals surface area contributed by atoms with Crippen molar-refractivity contribution in [3.63, 3.8) is 0 Å². The predicted molar refractivity (Wildman–Crippen MR) is 111 cm³/mol. The highest BCUT2D eigenvalue weighted by atomic mass is 16.5. The van der Waals surface area contributed by atoms with Crippen LogP contribution in [0.3, 0.4) is 0 Å². The average Bonchev–Trinajstić information content (AvgIpc) is 2.97. The summed E-state index contributed by atoms with van der Waals surface area (Å²) in [5.41, 5.74) is 2.93. The van der Waals surface area contributed by atoms with Gasteiger partial charge >= 0.3 is 0 Å². The first-order valence-corrected chi connectivity index (χ1v) is 9.81. The maximum Gasteiger partial charge on any atom is 0.182 e. The van der Waals surface area contributed by atoms with Crippen LogP contribution in [0.5, 0.6) is 5.75 Å². The van der Waals surface area contributed by atoms with Crippen molar-refractivity contribution in [1.29, 1.82) is 0 Å². The van der Waals surface area contributed by atoms with Crippen LogP contribution in [-0.2, 0) is 0 Å². The molecule has 0 N–H and O–H groups in total. The molecule has 0 atom stereocenters. The molecule has 2 aromatic rings. The lowest BCUT2D eigenvalue weighted by atomic mass is 10.1. The molecule has 1 aliphatic heterocycles. The van der Waals surface area contributed by atoms with E-state index in [1.807, 2.05) is 31.2 Å². The van der Waals surface area contributed by atoms with Gasteiger partial charge < -0.3 is 9.64 Å². The number of anilines is 1. The third-order valence-corrected chi connectivity index (χ3v) is 4.80. The highest BCUT2D eigenvalue weighted by Gasteiger charge is 2.19. The van der Waals surface area contributed by atoms with Gasteiger partial charge in [0, 0.05) is 24.2 Å². The van der Waals surface area contributed by atoms with E-state index in [-0.39, 0.29) is 5.78 Å². The van der Waals surface area contributed by atoms with E-state index in [0.717, 1.165) is 43.1 Å². The second-order valence-electron chi connectivity index (χ2n) is 6.91. The van der Waals surface area contributed by atoms with Gasteiger partial charge in [0.15, 0.2) is 5.78 Å². The minimum atomic E-state index is 0.0885. The summed E-state index contributed by atoms with van der Waals surface area (Å²) in [7, 11) is 0. The van der Waals surface area contributed by atoms with E-state index in [0.29, 0.717) is 18.7 Å². The molecule has 0 amide bonds. The zero-order valence-electron chi connectivity index (χ0n) is 16.3. The molecule has 0 fully saturated rings. The van der Waals surface area contributed by atoms with Crippen molar-refractivity contribution in [2.24, 2.45) is 4.99 Å². The number of carbonyl (C=O) groups is 1. The number of hydrogen-bond donors (Lipinski definition) is 0. The van der Waals surface area contributed by atoms with Crippen molar-refractivity contribution in [3.8, 4) is 5.75 Å². The zero-order chi connectivity index (χ0) is 19.1. The Hall–Kier alpha value is -2.62. The number of rotatable bonds is 6. The zero-order valence-corrected chi connectivity index (χ0v) is 16.3. The molecule has 27 heavy (non-hydrogen) atoms. The van der Waals surface area contributed by atoms with E-state index in [4.69, 9.17) is 9.73 Å². The first kappa shape index (κ1) is 19.2. The average molecular weight is 364 g/mol. The Balaban J connectivity index is 1.82. The lowest BCUT2D eigenvalue weighted by Gasteiger charge is -2.26. The number of ketones is 1. The standard InChI is InChI=1S/C23H28N2O2/c1-3-27-21-14-10-19(11-15-21)22(26)17-25(20-12-8-18(2)9-13-20)23-7-5-4-6-16-24-23/h8-15H,3-7,16-17H2,1-2H3. The van der Waals surface area contributed by atoms with E-state index >= 15 is 0 Å². The SMILES string of the molecule is CCOc1ccc(C(=O)CN(C2=NCCCCC2)c2ccc(C)cc2)cc1. The Morgan fingerprint density at radius 2 is 1.78 bits per heavy atom. The van der Waals surface area contributed by atoms with Gasteiger partial charge in [0.05, 0.1) is 13.2 Å². The number of ether oxygens (including phenoxy) is 1. The molecule has 0 saturated heterocycles. The van der Waals surface area contributed by atoms with Crippen LogP contribution in [0.25, 0.3) is 0 Å². The molecule has 4 heteroatoms. The summed E-state index contributed by atoms with van der Waals surface area (Å²) in [6.45, 7) is 5.79. The number of amidine groups is 1. The van der Waals surface area contributed by atoms with Crippen LogP contribution < -0.4 is 9.64 Å². The number of carbonyl (C=O) groups excluding carboxylic acids is 1. The van der Waals surface area contributed by atoms with Crippen molar-refractivity contribution < 1.29 is 9.53 Å². The number of hydrogen-bond acceptors (Lipinski definition) is 4. The summed E-state index contributed by atoms with van der Waals surface area (Å²) in [6, 6.07) is 15.7. The fraction of sp³-hybridized carbons (Fsp3) is 0.391. The predicted octanol–water partition coefficient (Wildman–Crippen LogP) is 5.06. The third kappa shape index (κ3) is 5.19. The summed E-state index contributed by atoms with van der Waals surface area (Å²) in [4.78, 5) is 19.8. The van der Waals surface area contributed by atoms with Gasteiger partial charge in [0.25, 0.3) is 0 Å². The van der Waals surface area contributed by atoms with Crippen LogP contribution in [-0.4, -0.2) is 31.3 Å². The Bertz CT molecular complexity index is 779. The van der Waals surface area contributed by atoms with E-state index in [1.165, 1.54) is 12.0 Å². The Morgan fingerprint density at radius 1 is 1.04 bits per heavy atom. The van der Waals surface area contributed by atoms with Crippen LogP contribution in [0, 0.1) is 6.92 Å². The van der Waals surface area contributed by atoms with Gasteiger partial charge in [-0.2, -0.15) is 0 Å². The van der Waals surface area contributed by atoms with E-state index < -0.39 is 0 Å². The molecule has 3 rings (SSSR count). The Morgan fingerprint density at radius 3 is 2.48 bits per heavy atom. The van der Waals surface area contributed by atoms with Crippen molar-refractivity contribution in [2.75, 3.05) is 24.6 Å². The maximum absolute atomic E-state index is 13.0. The van der Waals surface area contributed by atoms with Crippen molar-refractivity contribution in [3.05, 3.63) is 59.7 Å². The van der Waals surface area contributed by atoms with Crippen molar-refractivity contribution in [1.82, 2.24) is 0 Å². The fourth-order valence-corrected chi connectivity index (χ4v) is 3.27. The summed E-state index contributed by atoms with van der Waals surface area (Å²) in [5.74, 6) is 1.90. The largest absolute Gasteiger partial charge is 0.494 e. The van der Waals surface area contributed by atoms with Gasteiger partial charge in [0.2, 0.25) is 0 Å². The van der Waals surface area contributed by atoms with Gasteiger partial charge in [-0.3, -0.25) is 9.79 Å². The number of aliphatic imine (C=N–C) groups is 1. The number of nitrogens with zero attached hydrogens (tertiary/aromatic N) is 2. The quantitative estimate of drug-likeness (QED) is 0.673. The van der Waals surface area contributed by atoms with Gasteiger partial charge in [-0.25, -0.2) is 0 Å². The van der Waals surface area contributed by atoms with Crippen LogP contribution >= 0.6 is 0 Å². The molecule has 0 unspecified atom stereocenters. The lowest BCUT2D eigenvalue weighted by Crippen LogP contribution is -2.36. The number of aryl methyl sites for hydroxylation is 1. The fourth-order valence-electron chi connectivity index (χ4n) is 3.27. The third-order valence-electron chi connectivity index (χ3n) is 4.80. The summed E-state index contributed by atoms with van der Waals surface area (Å²) in [5, 5.41) is 0. The molecule has 142 valence electrons. The molecule has 0 radical (unpaired) electrons. The first-order valence-electron chi connectivity index (χ1n) is 9.81. The van der Waals surface area contributed by atoms with Gasteiger partial charge in [0.1, 0.15) is 11.6 Å². The molecular formula is C23H28N2O2. The molecular weight excluding hydrogens is 336 g/mol. The lowest BCUT2D eigenvalue weighted by molar-refractivity contribution is 0.100. The number of benzene rings is 2. The van der Waals surface area contributed by atoms with Crippen molar-refractivity contribution in [2.45, 2.75) is 39.5 Å². The smallest absolute Gasteiger partial charge is 0.182 e. The van der Waals surface area contributed by atoms with E-state index in [1.54, 1.807) is 0 Å². The second kappa shape index (κ2) is 9.36. The minimum Gasteiger partial charge on any atom is -0.494 e. The molecule has 0 saturated carbocycles. The molecule has 4 nitrogen and oxygen atoms in total. The topological polar surface area (TPSA) is 41.9 Å². The van der Waals surface area contributed by atoms with E-state index in [2.05, 4.69) is 36.1 Å². The number of Topliss-reactive ketones (excluding diaryl/α,β-unsaturated/α-hetero) is 1. The maximum atomic E-state index is 13.0. The minimum absolute atomic E-state index is 0.0885. The Labute approximate surface area is 161 Å². The molecule has 1 heterocycles. The van der Waals surface area contributed by atoms with Crippen LogP contribution in [0.4, 0.5) is 5.69 Å². The van der Waals surface area contributed by atoms with Gasteiger partial charge in [-0.05, 0) is 63.1 Å². The molecule has 0 bridgehead atoms. The molecule has 0 aliphatic carbocycles. The van der Waals surface area contributed by atoms with Gasteiger partial charge in [-0.15, -0.1) is 0 Å². The van der Waals surface area contributed by atoms with Crippen LogP contribution in [0.15, 0.2) is 53.5 Å². The molecule has 2 aromatic carbocycles. The van der Waals surface area contributed by atoms with Crippen LogP contribution in [0.1, 0.15) is 48.5 Å². The molecule has 1 aliphatic rings. The normalized spacial score (nSPS) is 14.2. The highest BCUT2D eigenvalue weighted by molar-refractivity contribution is 6.07. The van der Waals surface area contributed by atoms with E-state index in [9.17, 15) is 4.79 Å². The first-order chi connectivity index (χ1) is 13.2. The molecule has 0 spiro atoms. The summed E-state index contributed by atoms with van der Waals surface area (Å²) >= 11 is 0. The van der Waals surface area contributed by atoms with Crippen molar-refractivity contribution >= 4 is 17.3 Å². The monoisotopic (exact) mass is 364 g/mol. The molecule has 0 aromatic heterocycles. The Kier molecular flexibility index (Phi) is 6.64. The summed E-state index contributed by atoms with van der Waals surface area (Å²) < 4.78 is 5.47. The second-order valence-corrected chi connectivity index (χ2v) is 6.91.